The number of halogens is 1. The van der Waals surface area contributed by atoms with E-state index in [2.05, 4.69) is 15.9 Å². The fourth-order valence-electron chi connectivity index (χ4n) is 1.42. The van der Waals surface area contributed by atoms with Crippen molar-refractivity contribution in [3.8, 4) is 0 Å². The van der Waals surface area contributed by atoms with Crippen molar-refractivity contribution < 1.29 is 14.3 Å². The molecule has 4 heteroatoms. The molecule has 0 aromatic heterocycles. The van der Waals surface area contributed by atoms with Gasteiger partial charge in [0.25, 0.3) is 0 Å². The molecular weight excluding hydrogens is 260 g/mol. The second-order valence-corrected chi connectivity index (χ2v) is 4.20. The van der Waals surface area contributed by atoms with Gasteiger partial charge in [0.1, 0.15) is 6.10 Å². The van der Waals surface area contributed by atoms with E-state index < -0.39 is 6.10 Å². The molecule has 0 N–H and O–H groups in total. The number of esters is 1. The lowest BCUT2D eigenvalue weighted by molar-refractivity contribution is -0.144. The van der Waals surface area contributed by atoms with Crippen LogP contribution in [0.4, 0.5) is 0 Å². The van der Waals surface area contributed by atoms with Gasteiger partial charge < -0.3 is 9.47 Å². The summed E-state index contributed by atoms with van der Waals surface area (Å²) in [6, 6.07) is 7.74. The van der Waals surface area contributed by atoms with Gasteiger partial charge in [-0.3, -0.25) is 0 Å². The van der Waals surface area contributed by atoms with Gasteiger partial charge in [-0.1, -0.05) is 28.1 Å². The first-order valence-corrected chi connectivity index (χ1v) is 5.59. The van der Waals surface area contributed by atoms with Crippen molar-refractivity contribution in [3.05, 3.63) is 34.3 Å². The highest BCUT2D eigenvalue weighted by molar-refractivity contribution is 9.10. The zero-order valence-electron chi connectivity index (χ0n) is 8.27. The maximum absolute atomic E-state index is 11.3. The Hall–Kier alpha value is -0.870. The molecule has 0 aliphatic carbocycles. The Balaban J connectivity index is 1.98. The summed E-state index contributed by atoms with van der Waals surface area (Å²) in [5, 5.41) is 0. The van der Waals surface area contributed by atoms with Crippen LogP contribution in [-0.4, -0.2) is 18.7 Å². The Morgan fingerprint density at radius 1 is 1.47 bits per heavy atom. The molecule has 1 fully saturated rings. The summed E-state index contributed by atoms with van der Waals surface area (Å²) in [5.74, 6) is -0.273. The number of rotatable bonds is 3. The fraction of sp³-hybridized carbons (Fsp3) is 0.364. The molecular formula is C11H11BrO3. The third-order valence-corrected chi connectivity index (χ3v) is 2.74. The van der Waals surface area contributed by atoms with E-state index in [1.54, 1.807) is 6.92 Å². The normalized spacial score (nSPS) is 23.6. The summed E-state index contributed by atoms with van der Waals surface area (Å²) < 4.78 is 11.1. The van der Waals surface area contributed by atoms with Crippen LogP contribution in [-0.2, 0) is 14.3 Å². The molecule has 0 unspecified atom stereocenters. The van der Waals surface area contributed by atoms with E-state index in [0.717, 1.165) is 10.0 Å². The van der Waals surface area contributed by atoms with Crippen molar-refractivity contribution in [1.82, 2.24) is 0 Å². The first kappa shape index (κ1) is 10.6. The Bertz CT molecular complexity index is 361. The summed E-state index contributed by atoms with van der Waals surface area (Å²) in [6.07, 6.45) is -0.539. The zero-order chi connectivity index (χ0) is 10.8. The standard InChI is InChI=1S/C11H11BrO3/c1-2-14-11(13)10-9(15-10)7-3-5-8(12)6-4-7/h3-6,9-10H,2H2,1H3/t9-,10-/m1/s1. The highest BCUT2D eigenvalue weighted by Crippen LogP contribution is 2.39. The SMILES string of the molecule is CCOC(=O)[C@@H]1O[C@@H]1c1ccc(Br)cc1. The molecule has 0 spiro atoms. The van der Waals surface area contributed by atoms with Gasteiger partial charge in [-0.05, 0) is 24.6 Å². The maximum Gasteiger partial charge on any atom is 0.338 e. The van der Waals surface area contributed by atoms with Gasteiger partial charge in [-0.2, -0.15) is 0 Å². The largest absolute Gasteiger partial charge is 0.464 e. The lowest BCUT2D eigenvalue weighted by Crippen LogP contribution is -2.11. The zero-order valence-corrected chi connectivity index (χ0v) is 9.86. The van der Waals surface area contributed by atoms with Gasteiger partial charge in [0.15, 0.2) is 6.10 Å². The summed E-state index contributed by atoms with van der Waals surface area (Å²) >= 11 is 3.35. The van der Waals surface area contributed by atoms with Crippen LogP contribution in [0.3, 0.4) is 0 Å². The van der Waals surface area contributed by atoms with Gasteiger partial charge in [-0.15, -0.1) is 0 Å². The van der Waals surface area contributed by atoms with Crippen LogP contribution >= 0.6 is 15.9 Å². The van der Waals surface area contributed by atoms with Crippen molar-refractivity contribution in [2.75, 3.05) is 6.61 Å². The Morgan fingerprint density at radius 3 is 2.73 bits per heavy atom. The minimum Gasteiger partial charge on any atom is -0.464 e. The Labute approximate surface area is 96.5 Å². The summed E-state index contributed by atoms with van der Waals surface area (Å²) in [4.78, 5) is 11.3. The number of epoxide rings is 1. The van der Waals surface area contributed by atoms with E-state index >= 15 is 0 Å². The van der Waals surface area contributed by atoms with E-state index in [1.807, 2.05) is 24.3 Å². The second-order valence-electron chi connectivity index (χ2n) is 3.28. The van der Waals surface area contributed by atoms with Crippen molar-refractivity contribution >= 4 is 21.9 Å². The van der Waals surface area contributed by atoms with Crippen LogP contribution in [0, 0.1) is 0 Å². The van der Waals surface area contributed by atoms with E-state index in [9.17, 15) is 4.79 Å². The molecule has 0 saturated carbocycles. The summed E-state index contributed by atoms with van der Waals surface area (Å²) in [5.41, 5.74) is 1.01. The molecule has 80 valence electrons. The Kier molecular flexibility index (Phi) is 3.07. The maximum atomic E-state index is 11.3. The van der Waals surface area contributed by atoms with Crippen LogP contribution in [0.1, 0.15) is 18.6 Å². The molecule has 1 aliphatic rings. The average molecular weight is 271 g/mol. The Morgan fingerprint density at radius 2 is 2.13 bits per heavy atom. The molecule has 1 aliphatic heterocycles. The molecule has 2 atom stereocenters. The minimum absolute atomic E-state index is 0.128. The topological polar surface area (TPSA) is 38.8 Å². The van der Waals surface area contributed by atoms with Gasteiger partial charge in [0.2, 0.25) is 0 Å². The molecule has 15 heavy (non-hydrogen) atoms. The number of hydrogen-bond donors (Lipinski definition) is 0. The molecule has 2 rings (SSSR count). The number of carbonyl (C=O) groups is 1. The predicted molar refractivity (Wildman–Crippen MR) is 58.4 cm³/mol. The minimum atomic E-state index is -0.411. The van der Waals surface area contributed by atoms with E-state index in [-0.39, 0.29) is 12.1 Å². The van der Waals surface area contributed by atoms with E-state index in [0.29, 0.717) is 6.61 Å². The molecule has 0 bridgehead atoms. The summed E-state index contributed by atoms with van der Waals surface area (Å²) in [7, 11) is 0. The molecule has 3 nitrogen and oxygen atoms in total. The fourth-order valence-corrected chi connectivity index (χ4v) is 1.69. The lowest BCUT2D eigenvalue weighted by atomic mass is 10.1. The van der Waals surface area contributed by atoms with E-state index in [4.69, 9.17) is 9.47 Å². The van der Waals surface area contributed by atoms with Gasteiger partial charge in [0, 0.05) is 4.47 Å². The first-order valence-electron chi connectivity index (χ1n) is 4.80. The lowest BCUT2D eigenvalue weighted by Gasteiger charge is -1.97. The van der Waals surface area contributed by atoms with Crippen molar-refractivity contribution in [2.45, 2.75) is 19.1 Å². The van der Waals surface area contributed by atoms with Gasteiger partial charge in [0.05, 0.1) is 6.61 Å². The predicted octanol–water partition coefficient (Wildman–Crippen LogP) is 2.45. The van der Waals surface area contributed by atoms with E-state index in [1.165, 1.54) is 0 Å². The van der Waals surface area contributed by atoms with Crippen molar-refractivity contribution in [3.63, 3.8) is 0 Å². The first-order chi connectivity index (χ1) is 7.22. The number of carbonyl (C=O) groups excluding carboxylic acids is 1. The van der Waals surface area contributed by atoms with Crippen LogP contribution in [0.15, 0.2) is 28.7 Å². The second kappa shape index (κ2) is 4.33. The smallest absolute Gasteiger partial charge is 0.338 e. The monoisotopic (exact) mass is 270 g/mol. The van der Waals surface area contributed by atoms with Crippen molar-refractivity contribution in [2.24, 2.45) is 0 Å². The number of benzene rings is 1. The molecule has 1 aromatic rings. The molecule has 1 saturated heterocycles. The third kappa shape index (κ3) is 2.38. The molecule has 1 heterocycles. The quantitative estimate of drug-likeness (QED) is 0.626. The highest BCUT2D eigenvalue weighted by Gasteiger charge is 2.47. The van der Waals surface area contributed by atoms with Crippen molar-refractivity contribution in [1.29, 1.82) is 0 Å². The average Bonchev–Trinajstić information content (AvgIpc) is 2.99. The number of ether oxygens (including phenoxy) is 2. The molecule has 1 aromatic carbocycles. The van der Waals surface area contributed by atoms with Crippen LogP contribution < -0.4 is 0 Å². The summed E-state index contributed by atoms with van der Waals surface area (Å²) in [6.45, 7) is 2.18. The number of hydrogen-bond acceptors (Lipinski definition) is 3. The highest BCUT2D eigenvalue weighted by atomic mass is 79.9. The van der Waals surface area contributed by atoms with Crippen LogP contribution in [0.25, 0.3) is 0 Å². The molecule has 0 amide bonds. The van der Waals surface area contributed by atoms with Gasteiger partial charge in [-0.25, -0.2) is 4.79 Å². The van der Waals surface area contributed by atoms with Crippen LogP contribution in [0.5, 0.6) is 0 Å². The van der Waals surface area contributed by atoms with Crippen LogP contribution in [0.2, 0.25) is 0 Å². The molecule has 0 radical (unpaired) electrons. The third-order valence-electron chi connectivity index (χ3n) is 2.21. The van der Waals surface area contributed by atoms with Gasteiger partial charge >= 0.3 is 5.97 Å².